The number of hydrogen-bond donors (Lipinski definition) is 1. The third kappa shape index (κ3) is 2.44. The molecule has 0 atom stereocenters. The van der Waals surface area contributed by atoms with Crippen LogP contribution < -0.4 is 6.15 Å². The Labute approximate surface area is 59.5 Å². The third-order valence-corrected chi connectivity index (χ3v) is 1.19. The van der Waals surface area contributed by atoms with Crippen LogP contribution in [0.5, 0.6) is 0 Å². The second-order valence-corrected chi connectivity index (χ2v) is 1.76. The second-order valence-electron chi connectivity index (χ2n) is 1.49. The van der Waals surface area contributed by atoms with Crippen LogP contribution in [0.4, 0.5) is 0 Å². The first-order valence-electron chi connectivity index (χ1n) is 2.38. The third-order valence-electron chi connectivity index (χ3n) is 0.877. The van der Waals surface area contributed by atoms with Crippen molar-refractivity contribution < 1.29 is 0 Å². The maximum absolute atomic E-state index is 5.49. The van der Waals surface area contributed by atoms with E-state index in [4.69, 9.17) is 11.6 Å². The lowest BCUT2D eigenvalue weighted by atomic mass is 10.3. The molecule has 1 aromatic rings. The Balaban J connectivity index is 0.000000640. The molecule has 0 aliphatic heterocycles. The molecule has 2 nitrogen and oxygen atoms in total. The Morgan fingerprint density at radius 1 is 1.56 bits per heavy atom. The van der Waals surface area contributed by atoms with Gasteiger partial charge in [0, 0.05) is 18.3 Å². The van der Waals surface area contributed by atoms with E-state index in [1.165, 1.54) is 0 Å². The molecule has 0 aliphatic carbocycles. The van der Waals surface area contributed by atoms with Crippen LogP contribution in [0.3, 0.4) is 0 Å². The molecule has 50 valence electrons. The normalized spacial score (nSPS) is 8.11. The number of nitrogens with zero attached hydrogens (tertiary/aromatic N) is 1. The average molecular weight is 145 g/mol. The highest BCUT2D eigenvalue weighted by Crippen LogP contribution is 1.98. The summed E-state index contributed by atoms with van der Waals surface area (Å²) in [5.74, 6) is 0.549. The van der Waals surface area contributed by atoms with Gasteiger partial charge in [0.1, 0.15) is 0 Å². The lowest BCUT2D eigenvalue weighted by Crippen LogP contribution is -1.75. The van der Waals surface area contributed by atoms with Crippen molar-refractivity contribution in [2.45, 2.75) is 5.88 Å². The van der Waals surface area contributed by atoms with Gasteiger partial charge in [-0.15, -0.1) is 11.6 Å². The lowest BCUT2D eigenvalue weighted by molar-refractivity contribution is 1.25. The molecule has 0 saturated heterocycles. The van der Waals surface area contributed by atoms with Crippen LogP contribution >= 0.6 is 11.6 Å². The minimum atomic E-state index is 0. The van der Waals surface area contributed by atoms with Gasteiger partial charge >= 0.3 is 0 Å². The Hall–Kier alpha value is -0.600. The van der Waals surface area contributed by atoms with Gasteiger partial charge in [0.2, 0.25) is 0 Å². The minimum Gasteiger partial charge on any atom is -0.344 e. The molecule has 0 bridgehead atoms. The summed E-state index contributed by atoms with van der Waals surface area (Å²) in [5.41, 5.74) is 1.06. The van der Waals surface area contributed by atoms with E-state index in [1.54, 1.807) is 12.4 Å². The quantitative estimate of drug-likeness (QED) is 0.613. The maximum Gasteiger partial charge on any atom is 0.0489 e. The minimum absolute atomic E-state index is 0. The highest BCUT2D eigenvalue weighted by Gasteiger charge is 1.82. The SMILES string of the molecule is ClCc1cccnc1.N. The molecule has 0 spiro atoms. The van der Waals surface area contributed by atoms with Crippen LogP contribution in [0.2, 0.25) is 0 Å². The standard InChI is InChI=1S/C6H6ClN.H3N/c7-4-6-2-1-3-8-5-6;/h1-3,5H,4H2;1H3. The first kappa shape index (κ1) is 8.40. The zero-order valence-corrected chi connectivity index (χ0v) is 5.80. The Bertz CT molecular complexity index is 152. The Morgan fingerprint density at radius 3 is 2.67 bits per heavy atom. The van der Waals surface area contributed by atoms with Crippen molar-refractivity contribution in [2.24, 2.45) is 0 Å². The van der Waals surface area contributed by atoms with Crippen molar-refractivity contribution in [1.82, 2.24) is 11.1 Å². The number of halogens is 1. The maximum atomic E-state index is 5.49. The Morgan fingerprint density at radius 2 is 2.33 bits per heavy atom. The first-order valence-corrected chi connectivity index (χ1v) is 2.92. The molecular formula is C6H9ClN2. The van der Waals surface area contributed by atoms with E-state index in [2.05, 4.69) is 4.98 Å². The summed E-state index contributed by atoms with van der Waals surface area (Å²) in [6.45, 7) is 0. The van der Waals surface area contributed by atoms with E-state index >= 15 is 0 Å². The summed E-state index contributed by atoms with van der Waals surface area (Å²) in [4.78, 5) is 3.87. The number of pyridine rings is 1. The van der Waals surface area contributed by atoms with Gasteiger partial charge in [-0.05, 0) is 11.6 Å². The largest absolute Gasteiger partial charge is 0.344 e. The molecule has 0 aromatic carbocycles. The second kappa shape index (κ2) is 4.30. The van der Waals surface area contributed by atoms with Crippen LogP contribution in [-0.2, 0) is 5.88 Å². The molecular weight excluding hydrogens is 136 g/mol. The van der Waals surface area contributed by atoms with Crippen LogP contribution in [0.1, 0.15) is 5.56 Å². The zero-order valence-electron chi connectivity index (χ0n) is 5.05. The van der Waals surface area contributed by atoms with Gasteiger partial charge in [-0.25, -0.2) is 0 Å². The summed E-state index contributed by atoms with van der Waals surface area (Å²) in [6, 6.07) is 3.82. The van der Waals surface area contributed by atoms with Crippen molar-refractivity contribution in [3.63, 3.8) is 0 Å². The average Bonchev–Trinajstić information content (AvgIpc) is 1.90. The van der Waals surface area contributed by atoms with E-state index in [0.29, 0.717) is 5.88 Å². The predicted octanol–water partition coefficient (Wildman–Crippen LogP) is 1.98. The van der Waals surface area contributed by atoms with E-state index in [1.807, 2.05) is 12.1 Å². The first-order chi connectivity index (χ1) is 3.93. The summed E-state index contributed by atoms with van der Waals surface area (Å²) >= 11 is 5.49. The number of rotatable bonds is 1. The highest BCUT2D eigenvalue weighted by molar-refractivity contribution is 6.17. The summed E-state index contributed by atoms with van der Waals surface area (Å²) in [5, 5.41) is 0. The topological polar surface area (TPSA) is 47.9 Å². The summed E-state index contributed by atoms with van der Waals surface area (Å²) in [7, 11) is 0. The van der Waals surface area contributed by atoms with E-state index in [9.17, 15) is 0 Å². The van der Waals surface area contributed by atoms with Gasteiger partial charge in [0.15, 0.2) is 0 Å². The molecule has 0 amide bonds. The molecule has 0 saturated carbocycles. The predicted molar refractivity (Wildman–Crippen MR) is 38.8 cm³/mol. The number of aromatic nitrogens is 1. The molecule has 0 aliphatic rings. The monoisotopic (exact) mass is 144 g/mol. The van der Waals surface area contributed by atoms with Crippen molar-refractivity contribution in [2.75, 3.05) is 0 Å². The lowest BCUT2D eigenvalue weighted by Gasteiger charge is -1.87. The molecule has 1 heterocycles. The van der Waals surface area contributed by atoms with Gasteiger partial charge in [0.25, 0.3) is 0 Å². The molecule has 1 rings (SSSR count). The van der Waals surface area contributed by atoms with Crippen molar-refractivity contribution in [3.05, 3.63) is 30.1 Å². The molecule has 3 N–H and O–H groups in total. The Kier molecular flexibility index (Phi) is 4.01. The fraction of sp³-hybridized carbons (Fsp3) is 0.167. The van der Waals surface area contributed by atoms with Gasteiger partial charge < -0.3 is 6.15 Å². The molecule has 0 fully saturated rings. The van der Waals surface area contributed by atoms with Gasteiger partial charge in [0.05, 0.1) is 0 Å². The molecule has 0 unspecified atom stereocenters. The van der Waals surface area contributed by atoms with Gasteiger partial charge in [-0.3, -0.25) is 4.98 Å². The molecule has 0 radical (unpaired) electrons. The van der Waals surface area contributed by atoms with Crippen molar-refractivity contribution in [3.8, 4) is 0 Å². The van der Waals surface area contributed by atoms with Crippen LogP contribution in [0, 0.1) is 0 Å². The van der Waals surface area contributed by atoms with E-state index in [-0.39, 0.29) is 6.15 Å². The number of alkyl halides is 1. The van der Waals surface area contributed by atoms with Gasteiger partial charge in [-0.2, -0.15) is 0 Å². The van der Waals surface area contributed by atoms with E-state index < -0.39 is 0 Å². The summed E-state index contributed by atoms with van der Waals surface area (Å²) < 4.78 is 0. The highest BCUT2D eigenvalue weighted by atomic mass is 35.5. The van der Waals surface area contributed by atoms with Crippen LogP contribution in [0.15, 0.2) is 24.5 Å². The van der Waals surface area contributed by atoms with Crippen LogP contribution in [-0.4, -0.2) is 4.98 Å². The van der Waals surface area contributed by atoms with Crippen molar-refractivity contribution >= 4 is 11.6 Å². The fourth-order valence-electron chi connectivity index (χ4n) is 0.477. The fourth-order valence-corrected chi connectivity index (χ4v) is 0.635. The molecule has 1 aromatic heterocycles. The van der Waals surface area contributed by atoms with Crippen LogP contribution in [0.25, 0.3) is 0 Å². The number of hydrogen-bond acceptors (Lipinski definition) is 2. The molecule has 9 heavy (non-hydrogen) atoms. The van der Waals surface area contributed by atoms with E-state index in [0.717, 1.165) is 5.56 Å². The van der Waals surface area contributed by atoms with Crippen molar-refractivity contribution in [1.29, 1.82) is 0 Å². The summed E-state index contributed by atoms with van der Waals surface area (Å²) in [6.07, 6.45) is 3.49. The smallest absolute Gasteiger partial charge is 0.0489 e. The molecule has 3 heteroatoms. The van der Waals surface area contributed by atoms with Gasteiger partial charge in [-0.1, -0.05) is 6.07 Å². The zero-order chi connectivity index (χ0) is 5.82.